The van der Waals surface area contributed by atoms with Crippen molar-refractivity contribution >= 4 is 11.8 Å². The lowest BCUT2D eigenvalue weighted by Gasteiger charge is -2.14. The second-order valence-corrected chi connectivity index (χ2v) is 5.96. The third-order valence-corrected chi connectivity index (χ3v) is 3.62. The van der Waals surface area contributed by atoms with E-state index >= 15 is 0 Å². The van der Waals surface area contributed by atoms with Gasteiger partial charge in [-0.15, -0.1) is 0 Å². The average molecular weight is 340 g/mol. The molecule has 1 atom stereocenters. The summed E-state index contributed by atoms with van der Waals surface area (Å²) in [4.78, 5) is 23.9. The number of rotatable bonds is 8. The van der Waals surface area contributed by atoms with Gasteiger partial charge in [0.2, 0.25) is 5.91 Å². The van der Waals surface area contributed by atoms with Crippen LogP contribution in [0.5, 0.6) is 5.75 Å². The maximum atomic E-state index is 12.0. The van der Waals surface area contributed by atoms with Crippen LogP contribution in [0.4, 0.5) is 0 Å². The van der Waals surface area contributed by atoms with E-state index in [9.17, 15) is 9.59 Å². The fourth-order valence-electron chi connectivity index (χ4n) is 2.29. The summed E-state index contributed by atoms with van der Waals surface area (Å²) in [5.74, 6) is 0.486. The molecule has 2 amide bonds. The minimum absolute atomic E-state index is 0.117. The van der Waals surface area contributed by atoms with Crippen molar-refractivity contribution in [1.29, 1.82) is 0 Å². The average Bonchev–Trinajstić information content (AvgIpc) is 2.61. The molecule has 5 nitrogen and oxygen atoms in total. The first-order chi connectivity index (χ1) is 12.0. The van der Waals surface area contributed by atoms with Crippen LogP contribution in [0.1, 0.15) is 29.3 Å². The van der Waals surface area contributed by atoms with Gasteiger partial charge in [-0.3, -0.25) is 9.59 Å². The van der Waals surface area contributed by atoms with Crippen LogP contribution in [0.2, 0.25) is 0 Å². The second kappa shape index (κ2) is 9.47. The number of benzene rings is 2. The Morgan fingerprint density at radius 1 is 1.04 bits per heavy atom. The third kappa shape index (κ3) is 6.67. The van der Waals surface area contributed by atoms with Gasteiger partial charge in [-0.25, -0.2) is 0 Å². The van der Waals surface area contributed by atoms with Gasteiger partial charge in [0.25, 0.3) is 5.91 Å². The van der Waals surface area contributed by atoms with Crippen LogP contribution in [-0.4, -0.2) is 31.0 Å². The summed E-state index contributed by atoms with van der Waals surface area (Å²) < 4.78 is 5.55. The number of carbonyl (C=O) groups excluding carboxylic acids is 2. The van der Waals surface area contributed by atoms with Crippen molar-refractivity contribution in [3.05, 3.63) is 65.7 Å². The standard InChI is InChI=1S/C20H24N2O3/c1-15-8-10-18(11-9-15)25-13-12-21-19(23)14-16(2)22-20(24)17-6-4-3-5-7-17/h3-11,16H,12-14H2,1-2H3,(H,21,23)(H,22,24). The molecule has 0 heterocycles. The molecule has 0 bridgehead atoms. The molecular weight excluding hydrogens is 316 g/mol. The number of hydrogen-bond donors (Lipinski definition) is 2. The summed E-state index contributed by atoms with van der Waals surface area (Å²) in [6.45, 7) is 4.65. The minimum Gasteiger partial charge on any atom is -0.492 e. The highest BCUT2D eigenvalue weighted by molar-refractivity contribution is 5.94. The third-order valence-electron chi connectivity index (χ3n) is 3.62. The van der Waals surface area contributed by atoms with E-state index < -0.39 is 0 Å². The van der Waals surface area contributed by atoms with Crippen molar-refractivity contribution in [3.63, 3.8) is 0 Å². The zero-order valence-electron chi connectivity index (χ0n) is 14.6. The highest BCUT2D eigenvalue weighted by atomic mass is 16.5. The Balaban J connectivity index is 1.64. The van der Waals surface area contributed by atoms with Crippen LogP contribution in [0.3, 0.4) is 0 Å². The molecule has 0 aliphatic heterocycles. The van der Waals surface area contributed by atoms with Crippen molar-refractivity contribution in [3.8, 4) is 5.75 Å². The zero-order valence-corrected chi connectivity index (χ0v) is 14.6. The fraction of sp³-hybridized carbons (Fsp3) is 0.300. The SMILES string of the molecule is Cc1ccc(OCCNC(=O)CC(C)NC(=O)c2ccccc2)cc1. The molecule has 25 heavy (non-hydrogen) atoms. The lowest BCUT2D eigenvalue weighted by atomic mass is 10.1. The van der Waals surface area contributed by atoms with Gasteiger partial charge < -0.3 is 15.4 Å². The highest BCUT2D eigenvalue weighted by Crippen LogP contribution is 2.10. The molecule has 0 saturated carbocycles. The summed E-state index contributed by atoms with van der Waals surface area (Å²) in [7, 11) is 0. The lowest BCUT2D eigenvalue weighted by molar-refractivity contribution is -0.121. The highest BCUT2D eigenvalue weighted by Gasteiger charge is 2.12. The maximum absolute atomic E-state index is 12.0. The number of nitrogens with one attached hydrogen (secondary N) is 2. The van der Waals surface area contributed by atoms with Crippen LogP contribution in [0, 0.1) is 6.92 Å². The van der Waals surface area contributed by atoms with Crippen molar-refractivity contribution in [2.24, 2.45) is 0 Å². The first-order valence-corrected chi connectivity index (χ1v) is 8.36. The van der Waals surface area contributed by atoms with Gasteiger partial charge in [0.1, 0.15) is 12.4 Å². The van der Waals surface area contributed by atoms with Gasteiger partial charge in [-0.2, -0.15) is 0 Å². The molecule has 0 aromatic heterocycles. The van der Waals surface area contributed by atoms with Crippen molar-refractivity contribution in [2.45, 2.75) is 26.3 Å². The fourth-order valence-corrected chi connectivity index (χ4v) is 2.29. The van der Waals surface area contributed by atoms with Crippen molar-refractivity contribution < 1.29 is 14.3 Å². The van der Waals surface area contributed by atoms with Crippen LogP contribution in [0.15, 0.2) is 54.6 Å². The molecule has 0 fully saturated rings. The van der Waals surface area contributed by atoms with E-state index in [0.29, 0.717) is 18.7 Å². The molecule has 0 aliphatic carbocycles. The van der Waals surface area contributed by atoms with E-state index in [1.54, 1.807) is 24.3 Å². The molecular formula is C20H24N2O3. The van der Waals surface area contributed by atoms with Crippen LogP contribution >= 0.6 is 0 Å². The topological polar surface area (TPSA) is 67.4 Å². The molecule has 2 rings (SSSR count). The van der Waals surface area contributed by atoms with Crippen LogP contribution < -0.4 is 15.4 Å². The predicted molar refractivity (Wildman–Crippen MR) is 97.7 cm³/mol. The molecule has 0 radical (unpaired) electrons. The van der Waals surface area contributed by atoms with Gasteiger partial charge in [0.15, 0.2) is 0 Å². The summed E-state index contributed by atoms with van der Waals surface area (Å²) in [6.07, 6.45) is 0.225. The Morgan fingerprint density at radius 2 is 1.72 bits per heavy atom. The summed E-state index contributed by atoms with van der Waals surface area (Å²) in [6, 6.07) is 16.5. The summed E-state index contributed by atoms with van der Waals surface area (Å²) >= 11 is 0. The van der Waals surface area contributed by atoms with E-state index in [-0.39, 0.29) is 24.3 Å². The molecule has 0 aliphatic rings. The first-order valence-electron chi connectivity index (χ1n) is 8.36. The smallest absolute Gasteiger partial charge is 0.251 e. The van der Waals surface area contributed by atoms with Gasteiger partial charge in [-0.05, 0) is 38.1 Å². The van der Waals surface area contributed by atoms with Crippen molar-refractivity contribution in [1.82, 2.24) is 10.6 Å². The van der Waals surface area contributed by atoms with Gasteiger partial charge in [0.05, 0.1) is 6.54 Å². The minimum atomic E-state index is -0.245. The van der Waals surface area contributed by atoms with E-state index in [1.807, 2.05) is 44.2 Å². The molecule has 2 N–H and O–H groups in total. The molecule has 0 spiro atoms. The largest absolute Gasteiger partial charge is 0.492 e. The van der Waals surface area contributed by atoms with E-state index in [1.165, 1.54) is 5.56 Å². The van der Waals surface area contributed by atoms with Gasteiger partial charge in [-0.1, -0.05) is 35.9 Å². The second-order valence-electron chi connectivity index (χ2n) is 5.96. The number of aryl methyl sites for hydroxylation is 1. The molecule has 2 aromatic carbocycles. The molecule has 132 valence electrons. The predicted octanol–water partition coefficient (Wildman–Crippen LogP) is 2.70. The summed E-state index contributed by atoms with van der Waals surface area (Å²) in [5, 5.41) is 5.61. The van der Waals surface area contributed by atoms with E-state index in [0.717, 1.165) is 5.75 Å². The van der Waals surface area contributed by atoms with Crippen LogP contribution in [0.25, 0.3) is 0 Å². The Labute approximate surface area is 148 Å². The zero-order chi connectivity index (χ0) is 18.1. The van der Waals surface area contributed by atoms with Crippen LogP contribution in [-0.2, 0) is 4.79 Å². The summed E-state index contributed by atoms with van der Waals surface area (Å²) in [5.41, 5.74) is 1.76. The Bertz CT molecular complexity index is 684. The maximum Gasteiger partial charge on any atom is 0.251 e. The number of amides is 2. The van der Waals surface area contributed by atoms with E-state index in [4.69, 9.17) is 4.74 Å². The number of ether oxygens (including phenoxy) is 1. The van der Waals surface area contributed by atoms with Crippen molar-refractivity contribution in [2.75, 3.05) is 13.2 Å². The Hall–Kier alpha value is -2.82. The molecule has 1 unspecified atom stereocenters. The molecule has 0 saturated heterocycles. The number of hydrogen-bond acceptors (Lipinski definition) is 3. The lowest BCUT2D eigenvalue weighted by Crippen LogP contribution is -2.38. The first kappa shape index (κ1) is 18.5. The monoisotopic (exact) mass is 340 g/mol. The molecule has 5 heteroatoms. The van der Waals surface area contributed by atoms with E-state index in [2.05, 4.69) is 10.6 Å². The number of carbonyl (C=O) groups is 2. The Morgan fingerprint density at radius 3 is 2.40 bits per heavy atom. The quantitative estimate of drug-likeness (QED) is 0.726. The molecule has 2 aromatic rings. The van der Waals surface area contributed by atoms with Gasteiger partial charge in [0, 0.05) is 18.0 Å². The van der Waals surface area contributed by atoms with Gasteiger partial charge >= 0.3 is 0 Å². The normalized spacial score (nSPS) is 11.4. The Kier molecular flexibility index (Phi) is 7.01.